The lowest BCUT2D eigenvalue weighted by molar-refractivity contribution is -0.116. The van der Waals surface area contributed by atoms with Crippen molar-refractivity contribution in [1.29, 1.82) is 0 Å². The lowest BCUT2D eigenvalue weighted by atomic mass is 9.99. The van der Waals surface area contributed by atoms with Crippen molar-refractivity contribution in [2.75, 3.05) is 5.32 Å². The summed E-state index contributed by atoms with van der Waals surface area (Å²) in [6.45, 7) is 0. The SMILES string of the molecule is O=C1CCc2cc(-c3csc(CCc4ccccc4)n3)ccc2N1. The van der Waals surface area contributed by atoms with Crippen LogP contribution in [0.25, 0.3) is 11.3 Å². The Bertz CT molecular complexity index is 870. The van der Waals surface area contributed by atoms with Crippen molar-refractivity contribution in [3.63, 3.8) is 0 Å². The van der Waals surface area contributed by atoms with Crippen LogP contribution in [0.15, 0.2) is 53.9 Å². The predicted octanol–water partition coefficient (Wildman–Crippen LogP) is 4.48. The van der Waals surface area contributed by atoms with Gasteiger partial charge in [-0.15, -0.1) is 11.3 Å². The van der Waals surface area contributed by atoms with Gasteiger partial charge in [-0.3, -0.25) is 4.79 Å². The molecule has 0 spiro atoms. The molecule has 0 atom stereocenters. The molecule has 3 nitrogen and oxygen atoms in total. The van der Waals surface area contributed by atoms with Gasteiger partial charge in [0.15, 0.2) is 0 Å². The van der Waals surface area contributed by atoms with Crippen molar-refractivity contribution in [3.05, 3.63) is 70.0 Å². The van der Waals surface area contributed by atoms with Crippen LogP contribution in [0, 0.1) is 0 Å². The van der Waals surface area contributed by atoms with Crippen molar-refractivity contribution in [1.82, 2.24) is 4.98 Å². The number of carbonyl (C=O) groups excluding carboxylic acids is 1. The molecule has 1 aliphatic heterocycles. The van der Waals surface area contributed by atoms with Gasteiger partial charge in [0.05, 0.1) is 10.7 Å². The van der Waals surface area contributed by atoms with Gasteiger partial charge in [0.25, 0.3) is 0 Å². The number of hydrogen-bond donors (Lipinski definition) is 1. The summed E-state index contributed by atoms with van der Waals surface area (Å²) < 4.78 is 0. The van der Waals surface area contributed by atoms with Gasteiger partial charge in [0.1, 0.15) is 0 Å². The van der Waals surface area contributed by atoms with Crippen LogP contribution in [-0.4, -0.2) is 10.9 Å². The zero-order chi connectivity index (χ0) is 16.4. The number of amides is 1. The first-order valence-corrected chi connectivity index (χ1v) is 9.07. The van der Waals surface area contributed by atoms with Gasteiger partial charge >= 0.3 is 0 Å². The van der Waals surface area contributed by atoms with Crippen LogP contribution in [-0.2, 0) is 24.1 Å². The van der Waals surface area contributed by atoms with Crippen molar-refractivity contribution in [2.24, 2.45) is 0 Å². The van der Waals surface area contributed by atoms with E-state index in [1.807, 2.05) is 18.2 Å². The van der Waals surface area contributed by atoms with E-state index in [4.69, 9.17) is 4.98 Å². The summed E-state index contributed by atoms with van der Waals surface area (Å²) in [6, 6.07) is 16.7. The van der Waals surface area contributed by atoms with Crippen molar-refractivity contribution in [3.8, 4) is 11.3 Å². The first-order valence-electron chi connectivity index (χ1n) is 8.19. The van der Waals surface area contributed by atoms with Crippen molar-refractivity contribution in [2.45, 2.75) is 25.7 Å². The largest absolute Gasteiger partial charge is 0.326 e. The molecule has 4 rings (SSSR count). The van der Waals surface area contributed by atoms with E-state index in [9.17, 15) is 4.79 Å². The third-order valence-corrected chi connectivity index (χ3v) is 5.23. The molecule has 0 saturated heterocycles. The van der Waals surface area contributed by atoms with Crippen LogP contribution in [0.4, 0.5) is 5.69 Å². The van der Waals surface area contributed by atoms with E-state index in [2.05, 4.69) is 41.0 Å². The normalized spacial score (nSPS) is 13.4. The summed E-state index contributed by atoms with van der Waals surface area (Å²) in [5.41, 5.74) is 5.65. The van der Waals surface area contributed by atoms with Crippen molar-refractivity contribution >= 4 is 22.9 Å². The number of aromatic nitrogens is 1. The Morgan fingerprint density at radius 2 is 1.92 bits per heavy atom. The molecule has 1 aromatic heterocycles. The Morgan fingerprint density at radius 3 is 2.79 bits per heavy atom. The summed E-state index contributed by atoms with van der Waals surface area (Å²) in [7, 11) is 0. The van der Waals surface area contributed by atoms with Crippen molar-refractivity contribution < 1.29 is 4.79 Å². The average Bonchev–Trinajstić information content (AvgIpc) is 3.09. The standard InChI is InChI=1S/C20H18N2OS/c23-19-10-8-15-12-16(7-9-17(15)21-19)18-13-24-20(22-18)11-6-14-4-2-1-3-5-14/h1-5,7,9,12-13H,6,8,10-11H2,(H,21,23). The molecular weight excluding hydrogens is 316 g/mol. The van der Waals surface area contributed by atoms with E-state index in [1.54, 1.807) is 11.3 Å². The number of thiazole rings is 1. The van der Waals surface area contributed by atoms with Crippen LogP contribution < -0.4 is 5.32 Å². The minimum atomic E-state index is 0.104. The highest BCUT2D eigenvalue weighted by molar-refractivity contribution is 7.09. The van der Waals surface area contributed by atoms with E-state index >= 15 is 0 Å². The number of nitrogens with zero attached hydrogens (tertiary/aromatic N) is 1. The molecule has 4 heteroatoms. The minimum absolute atomic E-state index is 0.104. The van der Waals surface area contributed by atoms with E-state index in [0.717, 1.165) is 36.2 Å². The molecule has 0 aliphatic carbocycles. The smallest absolute Gasteiger partial charge is 0.224 e. The van der Waals surface area contributed by atoms with Crippen LogP contribution in [0.1, 0.15) is 22.6 Å². The highest BCUT2D eigenvalue weighted by atomic mass is 32.1. The van der Waals surface area contributed by atoms with Gasteiger partial charge in [0.2, 0.25) is 5.91 Å². The van der Waals surface area contributed by atoms with E-state index in [-0.39, 0.29) is 5.91 Å². The molecule has 120 valence electrons. The molecule has 0 saturated carbocycles. The topological polar surface area (TPSA) is 42.0 Å². The molecule has 1 aliphatic rings. The summed E-state index contributed by atoms with van der Waals surface area (Å²) in [4.78, 5) is 16.2. The zero-order valence-electron chi connectivity index (χ0n) is 13.3. The first-order chi connectivity index (χ1) is 11.8. The number of nitrogens with one attached hydrogen (secondary N) is 1. The third-order valence-electron chi connectivity index (χ3n) is 4.32. The highest BCUT2D eigenvalue weighted by Gasteiger charge is 2.15. The number of rotatable bonds is 4. The Hall–Kier alpha value is -2.46. The van der Waals surface area contributed by atoms with Crippen LogP contribution in [0.5, 0.6) is 0 Å². The first kappa shape index (κ1) is 15.1. The molecule has 1 N–H and O–H groups in total. The summed E-state index contributed by atoms with van der Waals surface area (Å²) in [6.07, 6.45) is 3.36. The maximum absolute atomic E-state index is 11.5. The van der Waals surface area contributed by atoms with E-state index in [1.165, 1.54) is 16.1 Å². The average molecular weight is 334 g/mol. The molecule has 1 amide bonds. The highest BCUT2D eigenvalue weighted by Crippen LogP contribution is 2.29. The van der Waals surface area contributed by atoms with E-state index in [0.29, 0.717) is 6.42 Å². The second-order valence-electron chi connectivity index (χ2n) is 6.03. The molecule has 2 aromatic carbocycles. The number of hydrogen-bond acceptors (Lipinski definition) is 3. The summed E-state index contributed by atoms with van der Waals surface area (Å²) in [5, 5.41) is 6.22. The monoisotopic (exact) mass is 334 g/mol. The maximum atomic E-state index is 11.5. The Balaban J connectivity index is 1.49. The van der Waals surface area contributed by atoms with Gasteiger partial charge in [-0.25, -0.2) is 4.98 Å². The molecule has 24 heavy (non-hydrogen) atoms. The lowest BCUT2D eigenvalue weighted by Gasteiger charge is -2.17. The fraction of sp³-hybridized carbons (Fsp3) is 0.200. The van der Waals surface area contributed by atoms with Gasteiger partial charge in [0, 0.05) is 29.5 Å². The number of anilines is 1. The molecule has 0 radical (unpaired) electrons. The van der Waals surface area contributed by atoms with Gasteiger partial charge in [-0.2, -0.15) is 0 Å². The second-order valence-corrected chi connectivity index (χ2v) is 6.97. The fourth-order valence-electron chi connectivity index (χ4n) is 3.00. The maximum Gasteiger partial charge on any atom is 0.224 e. The fourth-order valence-corrected chi connectivity index (χ4v) is 3.80. The predicted molar refractivity (Wildman–Crippen MR) is 98.4 cm³/mol. The van der Waals surface area contributed by atoms with Gasteiger partial charge in [-0.1, -0.05) is 36.4 Å². The lowest BCUT2D eigenvalue weighted by Crippen LogP contribution is -2.18. The minimum Gasteiger partial charge on any atom is -0.326 e. The Kier molecular flexibility index (Phi) is 4.13. The Labute approximate surface area is 145 Å². The summed E-state index contributed by atoms with van der Waals surface area (Å²) >= 11 is 1.72. The van der Waals surface area contributed by atoms with Crippen LogP contribution >= 0.6 is 11.3 Å². The molecule has 3 aromatic rings. The number of aryl methyl sites for hydroxylation is 3. The Morgan fingerprint density at radius 1 is 1.04 bits per heavy atom. The van der Waals surface area contributed by atoms with Gasteiger partial charge in [-0.05, 0) is 36.1 Å². The number of fused-ring (bicyclic) bond motifs is 1. The van der Waals surface area contributed by atoms with Crippen LogP contribution in [0.2, 0.25) is 0 Å². The molecular formula is C20H18N2OS. The number of carbonyl (C=O) groups is 1. The third kappa shape index (κ3) is 3.24. The zero-order valence-corrected chi connectivity index (χ0v) is 14.1. The number of benzene rings is 2. The quantitative estimate of drug-likeness (QED) is 0.764. The molecule has 0 fully saturated rings. The molecule has 2 heterocycles. The van der Waals surface area contributed by atoms with Crippen LogP contribution in [0.3, 0.4) is 0 Å². The second kappa shape index (κ2) is 6.57. The van der Waals surface area contributed by atoms with E-state index < -0.39 is 0 Å². The molecule has 0 unspecified atom stereocenters. The summed E-state index contributed by atoms with van der Waals surface area (Å²) in [5.74, 6) is 0.104. The van der Waals surface area contributed by atoms with Gasteiger partial charge < -0.3 is 5.32 Å². The molecule has 0 bridgehead atoms.